The van der Waals surface area contributed by atoms with E-state index in [0.29, 0.717) is 18.0 Å². The van der Waals surface area contributed by atoms with Crippen molar-refractivity contribution in [1.29, 1.82) is 0 Å². The minimum Gasteiger partial charge on any atom is -0.317 e. The lowest BCUT2D eigenvalue weighted by atomic mass is 10.2. The summed E-state index contributed by atoms with van der Waals surface area (Å²) in [6.45, 7) is 7.08. The average Bonchev–Trinajstić information content (AvgIpc) is 2.03. The first kappa shape index (κ1) is 8.03. The second-order valence-corrected chi connectivity index (χ2v) is 2.51. The summed E-state index contributed by atoms with van der Waals surface area (Å²) >= 11 is 5.79. The zero-order valence-electron chi connectivity index (χ0n) is 5.92. The van der Waals surface area contributed by atoms with Gasteiger partial charge in [0.15, 0.2) is 0 Å². The number of hydrogen-bond acceptors (Lipinski definition) is 1. The van der Waals surface area contributed by atoms with E-state index in [-0.39, 0.29) is 0 Å². The number of rotatable bonds is 2. The van der Waals surface area contributed by atoms with Crippen LogP contribution >= 0.6 is 11.6 Å². The lowest BCUT2D eigenvalue weighted by molar-refractivity contribution is 1.07. The fourth-order valence-corrected chi connectivity index (χ4v) is 0.997. The number of hydrogen-bond donors (Lipinski definition) is 0. The highest BCUT2D eigenvalue weighted by molar-refractivity contribution is 6.31. The topological polar surface area (TPSA) is 17.2 Å². The zero-order chi connectivity index (χ0) is 8.10. The van der Waals surface area contributed by atoms with Crippen LogP contribution in [0.1, 0.15) is 5.56 Å². The first-order valence-corrected chi connectivity index (χ1v) is 3.64. The summed E-state index contributed by atoms with van der Waals surface area (Å²) in [7, 11) is 0. The van der Waals surface area contributed by atoms with Gasteiger partial charge in [-0.3, -0.25) is 4.98 Å². The monoisotopic (exact) mass is 166 g/mol. The maximum Gasteiger partial charge on any atom is 0.218 e. The second-order valence-electron chi connectivity index (χ2n) is 2.10. The molecule has 56 valence electrons. The van der Waals surface area contributed by atoms with Crippen molar-refractivity contribution in [2.24, 2.45) is 0 Å². The van der Waals surface area contributed by atoms with Gasteiger partial charge in [-0.05, 0) is 11.6 Å². The second kappa shape index (κ2) is 3.95. The van der Waals surface area contributed by atoms with E-state index < -0.39 is 0 Å². The smallest absolute Gasteiger partial charge is 0.218 e. The van der Waals surface area contributed by atoms with Crippen molar-refractivity contribution in [3.63, 3.8) is 0 Å². The molecule has 0 bridgehead atoms. The molecule has 0 aliphatic carbocycles. The Morgan fingerprint density at radius 2 is 2.45 bits per heavy atom. The van der Waals surface area contributed by atoms with Crippen molar-refractivity contribution in [1.82, 2.24) is 4.98 Å². The van der Waals surface area contributed by atoms with Crippen molar-refractivity contribution >= 4 is 11.6 Å². The van der Waals surface area contributed by atoms with Gasteiger partial charge in [-0.25, -0.2) is 6.57 Å². The van der Waals surface area contributed by atoms with E-state index in [0.717, 1.165) is 5.56 Å². The van der Waals surface area contributed by atoms with Crippen LogP contribution in [0.15, 0.2) is 18.5 Å². The highest BCUT2D eigenvalue weighted by Gasteiger charge is 1.99. The third kappa shape index (κ3) is 2.21. The van der Waals surface area contributed by atoms with E-state index in [1.54, 1.807) is 12.4 Å². The van der Waals surface area contributed by atoms with Gasteiger partial charge in [0.05, 0.1) is 5.02 Å². The van der Waals surface area contributed by atoms with E-state index in [9.17, 15) is 0 Å². The largest absolute Gasteiger partial charge is 0.317 e. The van der Waals surface area contributed by atoms with E-state index in [4.69, 9.17) is 18.2 Å². The molecule has 0 amide bonds. The van der Waals surface area contributed by atoms with Gasteiger partial charge < -0.3 is 4.85 Å². The Morgan fingerprint density at radius 1 is 1.64 bits per heavy atom. The van der Waals surface area contributed by atoms with Gasteiger partial charge in [0, 0.05) is 18.8 Å². The summed E-state index contributed by atoms with van der Waals surface area (Å²) in [4.78, 5) is 7.09. The van der Waals surface area contributed by atoms with Gasteiger partial charge in [0.2, 0.25) is 6.54 Å². The molecule has 0 aliphatic heterocycles. The molecule has 0 saturated carbocycles. The number of pyridine rings is 1. The summed E-state index contributed by atoms with van der Waals surface area (Å²) in [5.74, 6) is 0. The van der Waals surface area contributed by atoms with Gasteiger partial charge >= 0.3 is 0 Å². The minimum absolute atomic E-state index is 0.490. The molecule has 0 spiro atoms. The van der Waals surface area contributed by atoms with Gasteiger partial charge in [-0.2, -0.15) is 0 Å². The molecule has 0 saturated heterocycles. The van der Waals surface area contributed by atoms with Gasteiger partial charge in [0.1, 0.15) is 0 Å². The number of aromatic nitrogens is 1. The minimum atomic E-state index is 0.490. The van der Waals surface area contributed by atoms with E-state index in [1.165, 1.54) is 0 Å². The van der Waals surface area contributed by atoms with Crippen LogP contribution in [0.2, 0.25) is 5.02 Å². The van der Waals surface area contributed by atoms with Crippen LogP contribution in [0.4, 0.5) is 0 Å². The van der Waals surface area contributed by atoms with Crippen LogP contribution in [0.25, 0.3) is 4.85 Å². The standard InChI is InChI=1S/C8H7ClN2/c1-10-4-2-7-3-5-11-6-8(7)9/h3,5-6H,2,4H2. The quantitative estimate of drug-likeness (QED) is 0.616. The highest BCUT2D eigenvalue weighted by atomic mass is 35.5. The third-order valence-electron chi connectivity index (χ3n) is 1.35. The van der Waals surface area contributed by atoms with Crippen molar-refractivity contribution in [2.75, 3.05) is 6.54 Å². The molecule has 11 heavy (non-hydrogen) atoms. The fraction of sp³-hybridized carbons (Fsp3) is 0.250. The summed E-state index contributed by atoms with van der Waals surface area (Å²) in [5.41, 5.74) is 0.998. The van der Waals surface area contributed by atoms with Gasteiger partial charge in [0.25, 0.3) is 0 Å². The Morgan fingerprint density at radius 3 is 3.09 bits per heavy atom. The van der Waals surface area contributed by atoms with Crippen LogP contribution in [-0.2, 0) is 6.42 Å². The van der Waals surface area contributed by atoms with Crippen LogP contribution in [0.3, 0.4) is 0 Å². The van der Waals surface area contributed by atoms with Crippen molar-refractivity contribution in [3.05, 3.63) is 40.5 Å². The zero-order valence-corrected chi connectivity index (χ0v) is 6.67. The Labute approximate surface area is 70.7 Å². The van der Waals surface area contributed by atoms with Crippen LogP contribution < -0.4 is 0 Å². The molecule has 0 aromatic carbocycles. The lowest BCUT2D eigenvalue weighted by Crippen LogP contribution is -1.88. The van der Waals surface area contributed by atoms with E-state index in [2.05, 4.69) is 9.83 Å². The molecule has 1 rings (SSSR count). The summed E-state index contributed by atoms with van der Waals surface area (Å²) < 4.78 is 0. The predicted octanol–water partition coefficient (Wildman–Crippen LogP) is 2.20. The maximum absolute atomic E-state index is 6.59. The molecule has 2 nitrogen and oxygen atoms in total. The van der Waals surface area contributed by atoms with Gasteiger partial charge in [-0.15, -0.1) is 0 Å². The predicted molar refractivity (Wildman–Crippen MR) is 44.4 cm³/mol. The normalized spacial score (nSPS) is 9.09. The Kier molecular flexibility index (Phi) is 2.88. The van der Waals surface area contributed by atoms with Crippen LogP contribution in [0.5, 0.6) is 0 Å². The van der Waals surface area contributed by atoms with Crippen LogP contribution in [-0.4, -0.2) is 11.5 Å². The molecule has 0 atom stereocenters. The summed E-state index contributed by atoms with van der Waals surface area (Å²) in [6, 6.07) is 1.84. The molecule has 0 fully saturated rings. The molecule has 1 aromatic heterocycles. The Bertz CT molecular complexity index is 278. The molecular formula is C8H7ClN2. The molecule has 3 heteroatoms. The SMILES string of the molecule is [C-]#[N+]CCc1ccncc1Cl. The fourth-order valence-electron chi connectivity index (χ4n) is 0.783. The van der Waals surface area contributed by atoms with Gasteiger partial charge in [-0.1, -0.05) is 11.6 Å². The first-order chi connectivity index (χ1) is 5.34. The first-order valence-electron chi connectivity index (χ1n) is 3.26. The number of nitrogens with zero attached hydrogens (tertiary/aromatic N) is 2. The van der Waals surface area contributed by atoms with Crippen molar-refractivity contribution in [2.45, 2.75) is 6.42 Å². The molecule has 1 heterocycles. The molecule has 0 unspecified atom stereocenters. The molecule has 0 N–H and O–H groups in total. The molecule has 0 aliphatic rings. The van der Waals surface area contributed by atoms with E-state index >= 15 is 0 Å². The molecular weight excluding hydrogens is 160 g/mol. The maximum atomic E-state index is 6.59. The van der Waals surface area contributed by atoms with Crippen molar-refractivity contribution in [3.8, 4) is 0 Å². The lowest BCUT2D eigenvalue weighted by Gasteiger charge is -1.96. The molecule has 1 aromatic rings. The highest BCUT2D eigenvalue weighted by Crippen LogP contribution is 2.13. The summed E-state index contributed by atoms with van der Waals surface area (Å²) in [5, 5.41) is 0.649. The van der Waals surface area contributed by atoms with Crippen LogP contribution in [0, 0.1) is 6.57 Å². The third-order valence-corrected chi connectivity index (χ3v) is 1.69. The summed E-state index contributed by atoms with van der Waals surface area (Å²) in [6.07, 6.45) is 4.00. The average molecular weight is 167 g/mol. The van der Waals surface area contributed by atoms with E-state index in [1.807, 2.05) is 6.07 Å². The van der Waals surface area contributed by atoms with Crippen molar-refractivity contribution < 1.29 is 0 Å². The molecule has 0 radical (unpaired) electrons. The Balaban J connectivity index is 2.71. The number of halogens is 1. The Hall–Kier alpha value is -1.07.